The number of rotatable bonds is 2. The molecule has 1 fully saturated rings. The van der Waals surface area contributed by atoms with Gasteiger partial charge in [0.1, 0.15) is 0 Å². The fourth-order valence-corrected chi connectivity index (χ4v) is 2.29. The van der Waals surface area contributed by atoms with Crippen molar-refractivity contribution in [3.63, 3.8) is 0 Å². The van der Waals surface area contributed by atoms with Crippen LogP contribution in [0.5, 0.6) is 0 Å². The Morgan fingerprint density at radius 2 is 2.29 bits per heavy atom. The lowest BCUT2D eigenvalue weighted by Gasteiger charge is -2.24. The minimum atomic E-state index is 1.16. The van der Waals surface area contributed by atoms with Crippen molar-refractivity contribution in [3.8, 4) is 0 Å². The highest BCUT2D eigenvalue weighted by Gasteiger charge is 2.14. The molecule has 1 unspecified atom stereocenters. The van der Waals surface area contributed by atoms with Crippen LogP contribution in [0.4, 0.5) is 0 Å². The van der Waals surface area contributed by atoms with Crippen LogP contribution in [0.3, 0.4) is 0 Å². The molecule has 0 radical (unpaired) electrons. The summed E-state index contributed by atoms with van der Waals surface area (Å²) in [5.41, 5.74) is 1.16. The Balaban J connectivity index is 1.93. The lowest BCUT2D eigenvalue weighted by Crippen LogP contribution is -2.11. The number of hydrogen-bond donors (Lipinski definition) is 0. The van der Waals surface area contributed by atoms with Gasteiger partial charge >= 0.3 is 0 Å². The predicted octanol–water partition coefficient (Wildman–Crippen LogP) is 2.24. The average Bonchev–Trinajstić information content (AvgIpc) is 1.55. The average molecular weight is 116 g/mol. The van der Waals surface area contributed by atoms with E-state index in [-0.39, 0.29) is 0 Å². The Morgan fingerprint density at radius 1 is 1.57 bits per heavy atom. The molecule has 0 aromatic heterocycles. The minimum absolute atomic E-state index is 1.16. The van der Waals surface area contributed by atoms with Crippen molar-refractivity contribution in [3.05, 3.63) is 0 Å². The van der Waals surface area contributed by atoms with E-state index in [0.29, 0.717) is 0 Å². The van der Waals surface area contributed by atoms with Gasteiger partial charge in [-0.15, -0.1) is 8.58 Å². The van der Waals surface area contributed by atoms with E-state index in [1.165, 1.54) is 34.0 Å². The predicted molar refractivity (Wildman–Crippen MR) is 36.5 cm³/mol. The molecule has 0 aliphatic heterocycles. The van der Waals surface area contributed by atoms with Gasteiger partial charge in [0.15, 0.2) is 0 Å². The normalized spacial score (nSPS) is 23.6. The molecule has 0 spiro atoms. The Labute approximate surface area is 47.5 Å². The topological polar surface area (TPSA) is 0 Å². The molecule has 0 nitrogen and oxygen atoms in total. The maximum Gasteiger partial charge on any atom is -0.0237 e. The van der Waals surface area contributed by atoms with Crippen LogP contribution in [0.1, 0.15) is 26.2 Å². The van der Waals surface area contributed by atoms with E-state index in [9.17, 15) is 0 Å². The van der Waals surface area contributed by atoms with Crippen LogP contribution in [0.2, 0.25) is 0 Å². The summed E-state index contributed by atoms with van der Waals surface area (Å²) in [6, 6.07) is 0. The van der Waals surface area contributed by atoms with Crippen LogP contribution in [0.15, 0.2) is 0 Å². The zero-order chi connectivity index (χ0) is 5.11. The first-order valence-electron chi connectivity index (χ1n) is 3.17. The van der Waals surface area contributed by atoms with E-state index < -0.39 is 0 Å². The standard InChI is InChI=1S/C6H13P/c1-2-7-6-4-3-5-6/h6-7H,2-5H2,1H3. The van der Waals surface area contributed by atoms with Crippen LogP contribution in [0.25, 0.3) is 0 Å². The zero-order valence-corrected chi connectivity index (χ0v) is 5.91. The van der Waals surface area contributed by atoms with E-state index in [1.54, 1.807) is 0 Å². The van der Waals surface area contributed by atoms with Gasteiger partial charge in [-0.3, -0.25) is 0 Å². The maximum atomic E-state index is 2.29. The van der Waals surface area contributed by atoms with Crippen molar-refractivity contribution in [2.24, 2.45) is 0 Å². The Hall–Kier alpha value is 0.430. The highest BCUT2D eigenvalue weighted by atomic mass is 31.1. The first-order valence-corrected chi connectivity index (χ1v) is 4.45. The summed E-state index contributed by atoms with van der Waals surface area (Å²) in [6.45, 7) is 2.29. The van der Waals surface area contributed by atoms with Crippen molar-refractivity contribution >= 4 is 8.58 Å². The molecule has 0 N–H and O–H groups in total. The Morgan fingerprint density at radius 3 is 2.43 bits per heavy atom. The number of hydrogen-bond acceptors (Lipinski definition) is 0. The summed E-state index contributed by atoms with van der Waals surface area (Å²) < 4.78 is 0. The van der Waals surface area contributed by atoms with Crippen molar-refractivity contribution in [1.82, 2.24) is 0 Å². The molecule has 1 rings (SSSR count). The summed E-state index contributed by atoms with van der Waals surface area (Å²) >= 11 is 0. The first kappa shape index (κ1) is 5.56. The van der Waals surface area contributed by atoms with Gasteiger partial charge in [-0.25, -0.2) is 0 Å². The lowest BCUT2D eigenvalue weighted by molar-refractivity contribution is 0.518. The van der Waals surface area contributed by atoms with Gasteiger partial charge in [0.2, 0.25) is 0 Å². The highest BCUT2D eigenvalue weighted by Crippen LogP contribution is 2.35. The molecule has 0 amide bonds. The molecule has 0 heterocycles. The van der Waals surface area contributed by atoms with Crippen LogP contribution in [0, 0.1) is 0 Å². The molecule has 7 heavy (non-hydrogen) atoms. The molecule has 1 atom stereocenters. The third kappa shape index (κ3) is 1.42. The molecule has 0 bridgehead atoms. The van der Waals surface area contributed by atoms with Crippen molar-refractivity contribution in [2.75, 3.05) is 6.16 Å². The van der Waals surface area contributed by atoms with E-state index in [0.717, 1.165) is 5.66 Å². The van der Waals surface area contributed by atoms with Gasteiger partial charge in [0, 0.05) is 0 Å². The summed E-state index contributed by atoms with van der Waals surface area (Å²) in [7, 11) is 1.28. The fourth-order valence-electron chi connectivity index (χ4n) is 0.901. The fraction of sp³-hybridized carbons (Fsp3) is 1.00. The van der Waals surface area contributed by atoms with Gasteiger partial charge < -0.3 is 0 Å². The Bertz CT molecular complexity index is 48.1. The second kappa shape index (κ2) is 2.67. The summed E-state index contributed by atoms with van der Waals surface area (Å²) in [5, 5.41) is 0. The van der Waals surface area contributed by atoms with Crippen molar-refractivity contribution < 1.29 is 0 Å². The molecule has 1 aliphatic carbocycles. The third-order valence-electron chi connectivity index (χ3n) is 1.60. The van der Waals surface area contributed by atoms with E-state index in [1.807, 2.05) is 0 Å². The van der Waals surface area contributed by atoms with Crippen molar-refractivity contribution in [1.29, 1.82) is 0 Å². The smallest absolute Gasteiger partial charge is 0.0237 e. The zero-order valence-electron chi connectivity index (χ0n) is 4.91. The van der Waals surface area contributed by atoms with E-state index in [2.05, 4.69) is 6.92 Å². The quantitative estimate of drug-likeness (QED) is 0.485. The van der Waals surface area contributed by atoms with Crippen LogP contribution in [-0.4, -0.2) is 11.8 Å². The van der Waals surface area contributed by atoms with E-state index in [4.69, 9.17) is 0 Å². The van der Waals surface area contributed by atoms with Gasteiger partial charge in [-0.05, 0) is 24.7 Å². The second-order valence-corrected chi connectivity index (χ2v) is 4.12. The maximum absolute atomic E-state index is 2.29. The van der Waals surface area contributed by atoms with Gasteiger partial charge in [0.25, 0.3) is 0 Å². The molecular formula is C6H13P. The molecule has 42 valence electrons. The van der Waals surface area contributed by atoms with Gasteiger partial charge in [-0.1, -0.05) is 13.3 Å². The van der Waals surface area contributed by atoms with E-state index >= 15 is 0 Å². The van der Waals surface area contributed by atoms with Crippen molar-refractivity contribution in [2.45, 2.75) is 31.8 Å². The molecular weight excluding hydrogens is 103 g/mol. The summed E-state index contributed by atoms with van der Waals surface area (Å²) in [5.74, 6) is 0. The molecule has 1 aliphatic rings. The monoisotopic (exact) mass is 116 g/mol. The molecule has 1 saturated carbocycles. The summed E-state index contributed by atoms with van der Waals surface area (Å²) in [4.78, 5) is 0. The SMILES string of the molecule is CCPC1CCC1. The van der Waals surface area contributed by atoms with Gasteiger partial charge in [-0.2, -0.15) is 0 Å². The second-order valence-electron chi connectivity index (χ2n) is 2.19. The molecule has 0 saturated heterocycles. The summed E-state index contributed by atoms with van der Waals surface area (Å²) in [6.07, 6.45) is 6.00. The molecule has 0 aromatic rings. The largest absolute Gasteiger partial charge is 0.119 e. The highest BCUT2D eigenvalue weighted by molar-refractivity contribution is 7.38. The Kier molecular flexibility index (Phi) is 2.12. The van der Waals surface area contributed by atoms with Crippen LogP contribution >= 0.6 is 8.58 Å². The third-order valence-corrected chi connectivity index (χ3v) is 3.16. The van der Waals surface area contributed by atoms with Crippen LogP contribution < -0.4 is 0 Å². The van der Waals surface area contributed by atoms with Crippen LogP contribution in [-0.2, 0) is 0 Å². The first-order chi connectivity index (χ1) is 3.43. The lowest BCUT2D eigenvalue weighted by atomic mass is 10.00. The molecule has 0 aromatic carbocycles. The molecule has 1 heteroatoms. The van der Waals surface area contributed by atoms with Gasteiger partial charge in [0.05, 0.1) is 0 Å². The minimum Gasteiger partial charge on any atom is -0.119 e.